The molecule has 1 atom stereocenters. The standard InChI is InChI=1S/C15H16N4O2S/c1-2-17-13(21)11-7-10-12(8-4-3-5-9(20)6-8)18-15(16)19-14(10)22-11/h3-6,11,20H,2,7H2,1H3,(H,17,21)(H2,16,18,19). The van der Waals surface area contributed by atoms with Crippen molar-refractivity contribution in [3.05, 3.63) is 29.8 Å². The molecule has 1 aliphatic rings. The molecule has 0 fully saturated rings. The van der Waals surface area contributed by atoms with Crippen LogP contribution in [0.2, 0.25) is 0 Å². The van der Waals surface area contributed by atoms with Crippen molar-refractivity contribution in [2.75, 3.05) is 12.3 Å². The van der Waals surface area contributed by atoms with Crippen molar-refractivity contribution in [1.29, 1.82) is 0 Å². The Morgan fingerprint density at radius 2 is 2.32 bits per heavy atom. The zero-order chi connectivity index (χ0) is 15.7. The van der Waals surface area contributed by atoms with Crippen LogP contribution in [-0.2, 0) is 11.2 Å². The fourth-order valence-corrected chi connectivity index (χ4v) is 3.63. The summed E-state index contributed by atoms with van der Waals surface area (Å²) in [5.74, 6) is 0.321. The molecule has 0 bridgehead atoms. The quantitative estimate of drug-likeness (QED) is 0.743. The second kappa shape index (κ2) is 5.84. The Kier molecular flexibility index (Phi) is 3.89. The number of aromatic hydroxyl groups is 1. The highest BCUT2D eigenvalue weighted by Gasteiger charge is 2.32. The number of anilines is 1. The van der Waals surface area contributed by atoms with Crippen LogP contribution in [0.1, 0.15) is 12.5 Å². The van der Waals surface area contributed by atoms with Crippen molar-refractivity contribution in [3.63, 3.8) is 0 Å². The number of nitrogen functional groups attached to an aromatic ring is 1. The van der Waals surface area contributed by atoms with Crippen LogP contribution in [0.4, 0.5) is 5.95 Å². The molecule has 7 heteroatoms. The number of aromatic nitrogens is 2. The van der Waals surface area contributed by atoms with Crippen LogP contribution in [0.25, 0.3) is 11.3 Å². The molecule has 1 amide bonds. The Labute approximate surface area is 132 Å². The third-order valence-electron chi connectivity index (χ3n) is 3.39. The van der Waals surface area contributed by atoms with Gasteiger partial charge in [0.05, 0.1) is 10.9 Å². The smallest absolute Gasteiger partial charge is 0.233 e. The lowest BCUT2D eigenvalue weighted by Gasteiger charge is -2.08. The summed E-state index contributed by atoms with van der Waals surface area (Å²) in [6, 6.07) is 6.83. The van der Waals surface area contributed by atoms with E-state index in [0.717, 1.165) is 16.2 Å². The van der Waals surface area contributed by atoms with E-state index in [-0.39, 0.29) is 22.9 Å². The van der Waals surface area contributed by atoms with Gasteiger partial charge in [0.1, 0.15) is 10.8 Å². The van der Waals surface area contributed by atoms with Crippen LogP contribution in [0.15, 0.2) is 29.3 Å². The molecule has 1 aromatic heterocycles. The van der Waals surface area contributed by atoms with Crippen molar-refractivity contribution >= 4 is 23.6 Å². The Hall–Kier alpha value is -2.28. The van der Waals surface area contributed by atoms with E-state index in [9.17, 15) is 9.90 Å². The van der Waals surface area contributed by atoms with Crippen molar-refractivity contribution < 1.29 is 9.90 Å². The normalized spacial score (nSPS) is 16.3. The lowest BCUT2D eigenvalue weighted by atomic mass is 10.0. The minimum Gasteiger partial charge on any atom is -0.508 e. The number of nitrogens with two attached hydrogens (primary N) is 1. The number of amides is 1. The number of carbonyl (C=O) groups excluding carboxylic acids is 1. The molecular formula is C15H16N4O2S. The van der Waals surface area contributed by atoms with Gasteiger partial charge in [0, 0.05) is 17.7 Å². The number of nitrogens with zero attached hydrogens (tertiary/aromatic N) is 2. The van der Waals surface area contributed by atoms with Crippen molar-refractivity contribution in [1.82, 2.24) is 15.3 Å². The fourth-order valence-electron chi connectivity index (χ4n) is 2.45. The first-order valence-corrected chi connectivity index (χ1v) is 7.86. The van der Waals surface area contributed by atoms with E-state index in [1.807, 2.05) is 13.0 Å². The first kappa shape index (κ1) is 14.6. The largest absolute Gasteiger partial charge is 0.508 e. The summed E-state index contributed by atoms with van der Waals surface area (Å²) in [6.07, 6.45) is 0.553. The molecule has 0 saturated carbocycles. The van der Waals surface area contributed by atoms with E-state index in [1.165, 1.54) is 11.8 Å². The first-order chi connectivity index (χ1) is 10.6. The summed E-state index contributed by atoms with van der Waals surface area (Å²) < 4.78 is 0. The predicted octanol–water partition coefficient (Wildman–Crippen LogP) is 1.58. The molecule has 3 rings (SSSR count). The molecule has 2 aromatic rings. The van der Waals surface area contributed by atoms with Gasteiger partial charge < -0.3 is 16.2 Å². The Balaban J connectivity index is 2.01. The van der Waals surface area contributed by atoms with Gasteiger partial charge in [-0.1, -0.05) is 23.9 Å². The molecule has 22 heavy (non-hydrogen) atoms. The fraction of sp³-hybridized carbons (Fsp3) is 0.267. The molecular weight excluding hydrogens is 300 g/mol. The average molecular weight is 316 g/mol. The number of carbonyl (C=O) groups is 1. The summed E-state index contributed by atoms with van der Waals surface area (Å²) in [4.78, 5) is 20.6. The maximum absolute atomic E-state index is 12.0. The number of hydrogen-bond acceptors (Lipinski definition) is 6. The van der Waals surface area contributed by atoms with Gasteiger partial charge in [0.25, 0.3) is 0 Å². The van der Waals surface area contributed by atoms with Crippen molar-refractivity contribution in [2.45, 2.75) is 23.6 Å². The van der Waals surface area contributed by atoms with Crippen molar-refractivity contribution in [3.8, 4) is 17.0 Å². The highest BCUT2D eigenvalue weighted by atomic mass is 32.2. The predicted molar refractivity (Wildman–Crippen MR) is 85.6 cm³/mol. The van der Waals surface area contributed by atoms with Gasteiger partial charge in [-0.25, -0.2) is 9.97 Å². The van der Waals surface area contributed by atoms with Crippen LogP contribution in [0, 0.1) is 0 Å². The Morgan fingerprint density at radius 1 is 1.50 bits per heavy atom. The van der Waals surface area contributed by atoms with E-state index in [0.29, 0.717) is 18.7 Å². The molecule has 0 aliphatic carbocycles. The van der Waals surface area contributed by atoms with Crippen LogP contribution < -0.4 is 11.1 Å². The van der Waals surface area contributed by atoms with Gasteiger partial charge in [0.15, 0.2) is 0 Å². The van der Waals surface area contributed by atoms with Crippen LogP contribution in [0.3, 0.4) is 0 Å². The molecule has 0 spiro atoms. The second-order valence-electron chi connectivity index (χ2n) is 4.97. The minimum absolute atomic E-state index is 0.00840. The van der Waals surface area contributed by atoms with E-state index in [2.05, 4.69) is 15.3 Å². The maximum Gasteiger partial charge on any atom is 0.233 e. The first-order valence-electron chi connectivity index (χ1n) is 6.98. The number of fused-ring (bicyclic) bond motifs is 1. The number of phenolic OH excluding ortho intramolecular Hbond substituents is 1. The molecule has 2 heterocycles. The number of hydrogen-bond donors (Lipinski definition) is 3. The molecule has 4 N–H and O–H groups in total. The Bertz CT molecular complexity index is 735. The third-order valence-corrected chi connectivity index (χ3v) is 4.62. The molecule has 1 aliphatic heterocycles. The van der Waals surface area contributed by atoms with Crippen LogP contribution in [-0.4, -0.2) is 32.8 Å². The van der Waals surface area contributed by atoms with E-state index in [4.69, 9.17) is 5.73 Å². The van der Waals surface area contributed by atoms with E-state index >= 15 is 0 Å². The molecule has 114 valence electrons. The molecule has 6 nitrogen and oxygen atoms in total. The molecule has 0 radical (unpaired) electrons. The zero-order valence-electron chi connectivity index (χ0n) is 12.0. The number of benzene rings is 1. The highest BCUT2D eigenvalue weighted by molar-refractivity contribution is 8.00. The lowest BCUT2D eigenvalue weighted by Crippen LogP contribution is -2.32. The van der Waals surface area contributed by atoms with Crippen LogP contribution in [0.5, 0.6) is 5.75 Å². The van der Waals surface area contributed by atoms with E-state index in [1.54, 1.807) is 18.2 Å². The topological polar surface area (TPSA) is 101 Å². The van der Waals surface area contributed by atoms with Gasteiger partial charge in [-0.3, -0.25) is 4.79 Å². The zero-order valence-corrected chi connectivity index (χ0v) is 12.9. The van der Waals surface area contributed by atoms with Gasteiger partial charge in [-0.2, -0.15) is 0 Å². The number of phenols is 1. The minimum atomic E-state index is -0.220. The van der Waals surface area contributed by atoms with Crippen molar-refractivity contribution in [2.24, 2.45) is 0 Å². The summed E-state index contributed by atoms with van der Waals surface area (Å²) in [6.45, 7) is 2.49. The van der Waals surface area contributed by atoms with Gasteiger partial charge in [-0.15, -0.1) is 0 Å². The highest BCUT2D eigenvalue weighted by Crippen LogP contribution is 2.40. The second-order valence-corrected chi connectivity index (χ2v) is 6.16. The molecule has 1 aromatic carbocycles. The third kappa shape index (κ3) is 2.71. The Morgan fingerprint density at radius 3 is 3.05 bits per heavy atom. The number of nitrogens with one attached hydrogen (secondary N) is 1. The monoisotopic (exact) mass is 316 g/mol. The number of thioether (sulfide) groups is 1. The number of rotatable bonds is 3. The van der Waals surface area contributed by atoms with E-state index < -0.39 is 0 Å². The van der Waals surface area contributed by atoms with Gasteiger partial charge >= 0.3 is 0 Å². The maximum atomic E-state index is 12.0. The molecule has 0 saturated heterocycles. The SMILES string of the molecule is CCNC(=O)C1Cc2c(nc(N)nc2-c2cccc(O)c2)S1. The summed E-state index contributed by atoms with van der Waals surface area (Å²) in [5.41, 5.74) is 8.14. The summed E-state index contributed by atoms with van der Waals surface area (Å²) in [5, 5.41) is 13.0. The summed E-state index contributed by atoms with van der Waals surface area (Å²) >= 11 is 1.41. The van der Waals surface area contributed by atoms with Gasteiger partial charge in [-0.05, 0) is 25.5 Å². The summed E-state index contributed by atoms with van der Waals surface area (Å²) in [7, 11) is 0. The van der Waals surface area contributed by atoms with Crippen LogP contribution >= 0.6 is 11.8 Å². The van der Waals surface area contributed by atoms with Gasteiger partial charge in [0.2, 0.25) is 11.9 Å². The average Bonchev–Trinajstić information content (AvgIpc) is 2.90. The lowest BCUT2D eigenvalue weighted by molar-refractivity contribution is -0.120. The molecule has 1 unspecified atom stereocenters.